The van der Waals surface area contributed by atoms with Crippen molar-refractivity contribution in [2.75, 3.05) is 30.8 Å². The van der Waals surface area contributed by atoms with Crippen molar-refractivity contribution in [2.45, 2.75) is 33.4 Å². The Morgan fingerprint density at radius 2 is 1.79 bits per heavy atom. The Bertz CT molecular complexity index is 1090. The Morgan fingerprint density at radius 3 is 2.30 bits per heavy atom. The largest absolute Gasteiger partial charge is 0.497 e. The summed E-state index contributed by atoms with van der Waals surface area (Å²) in [6, 6.07) is 11.1. The number of aryl methyl sites for hydroxylation is 1. The second-order valence-corrected chi connectivity index (χ2v) is 9.96. The number of nitrogens with zero attached hydrogens (tertiary/aromatic N) is 2. The highest BCUT2D eigenvalue weighted by Crippen LogP contribution is 2.25. The second-order valence-electron chi connectivity index (χ2n) is 7.64. The first-order valence-corrected chi connectivity index (χ1v) is 12.6. The number of ether oxygens (including phenoxy) is 1. The predicted octanol–water partition coefficient (Wildman–Crippen LogP) is 2.98. The molecule has 33 heavy (non-hydrogen) atoms. The van der Waals surface area contributed by atoms with Crippen molar-refractivity contribution >= 4 is 39.1 Å². The average molecular weight is 496 g/mol. The van der Waals surface area contributed by atoms with E-state index in [1.165, 1.54) is 11.0 Å². The van der Waals surface area contributed by atoms with Crippen molar-refractivity contribution in [3.05, 3.63) is 58.6 Å². The van der Waals surface area contributed by atoms with Gasteiger partial charge in [-0.3, -0.25) is 13.9 Å². The maximum absolute atomic E-state index is 13.4. The van der Waals surface area contributed by atoms with Crippen LogP contribution in [0.15, 0.2) is 42.5 Å². The summed E-state index contributed by atoms with van der Waals surface area (Å²) in [4.78, 5) is 27.3. The number of hydrogen-bond acceptors (Lipinski definition) is 5. The molecule has 10 heteroatoms. The molecule has 2 amide bonds. The van der Waals surface area contributed by atoms with Crippen molar-refractivity contribution in [3.8, 4) is 5.75 Å². The molecular formula is C23H30ClN3O5S. The number of carbonyl (C=O) groups excluding carboxylic acids is 2. The summed E-state index contributed by atoms with van der Waals surface area (Å²) >= 11 is 6.19. The number of anilines is 1. The fraction of sp³-hybridized carbons (Fsp3) is 0.391. The number of nitrogens with one attached hydrogen (secondary N) is 1. The highest BCUT2D eigenvalue weighted by molar-refractivity contribution is 7.92. The molecule has 180 valence electrons. The Labute approximate surface area is 200 Å². The number of likely N-dealkylation sites (N-methyl/N-ethyl adjacent to an activating group) is 1. The molecule has 1 N–H and O–H groups in total. The average Bonchev–Trinajstić information content (AvgIpc) is 2.77. The van der Waals surface area contributed by atoms with Crippen LogP contribution in [0, 0.1) is 6.92 Å². The van der Waals surface area contributed by atoms with Crippen LogP contribution in [0.1, 0.15) is 25.0 Å². The first kappa shape index (κ1) is 26.5. The lowest BCUT2D eigenvalue weighted by Crippen LogP contribution is -2.51. The van der Waals surface area contributed by atoms with E-state index in [1.807, 2.05) is 0 Å². The van der Waals surface area contributed by atoms with Gasteiger partial charge in [0.05, 0.1) is 19.1 Å². The van der Waals surface area contributed by atoms with Crippen LogP contribution in [0.4, 0.5) is 5.69 Å². The van der Waals surface area contributed by atoms with E-state index in [2.05, 4.69) is 5.32 Å². The number of halogens is 1. The van der Waals surface area contributed by atoms with Gasteiger partial charge in [0.25, 0.3) is 0 Å². The van der Waals surface area contributed by atoms with E-state index in [9.17, 15) is 18.0 Å². The lowest BCUT2D eigenvalue weighted by molar-refractivity contribution is -0.139. The highest BCUT2D eigenvalue weighted by atomic mass is 35.5. The number of benzene rings is 2. The van der Waals surface area contributed by atoms with Gasteiger partial charge in [-0.1, -0.05) is 29.8 Å². The van der Waals surface area contributed by atoms with Crippen molar-refractivity contribution in [3.63, 3.8) is 0 Å². The van der Waals surface area contributed by atoms with Crippen molar-refractivity contribution in [1.29, 1.82) is 0 Å². The van der Waals surface area contributed by atoms with Crippen LogP contribution in [-0.2, 0) is 26.2 Å². The third-order valence-electron chi connectivity index (χ3n) is 5.15. The monoisotopic (exact) mass is 495 g/mol. The molecule has 0 aliphatic heterocycles. The van der Waals surface area contributed by atoms with Crippen LogP contribution in [0.5, 0.6) is 5.75 Å². The molecule has 2 aromatic carbocycles. The van der Waals surface area contributed by atoms with Crippen LogP contribution in [0.2, 0.25) is 5.02 Å². The fourth-order valence-corrected chi connectivity index (χ4v) is 4.20. The summed E-state index contributed by atoms with van der Waals surface area (Å²) in [5.41, 5.74) is 1.83. The van der Waals surface area contributed by atoms with E-state index in [1.54, 1.807) is 64.3 Å². The smallest absolute Gasteiger partial charge is 0.244 e. The SMILES string of the molecule is CCNC(=O)[C@H](C)N(Cc1ccc(OC)cc1)C(=O)CN(c1ccc(C)c(Cl)c1)S(C)(=O)=O. The van der Waals surface area contributed by atoms with E-state index >= 15 is 0 Å². The number of sulfonamides is 1. The molecule has 0 radical (unpaired) electrons. The zero-order chi connectivity index (χ0) is 24.8. The molecule has 8 nitrogen and oxygen atoms in total. The van der Waals surface area contributed by atoms with Gasteiger partial charge in [-0.2, -0.15) is 0 Å². The van der Waals surface area contributed by atoms with Crippen molar-refractivity contribution < 1.29 is 22.7 Å². The summed E-state index contributed by atoms with van der Waals surface area (Å²) < 4.78 is 31.2. The maximum atomic E-state index is 13.4. The Morgan fingerprint density at radius 1 is 1.15 bits per heavy atom. The van der Waals surface area contributed by atoms with Crippen LogP contribution in [0.3, 0.4) is 0 Å². The van der Waals surface area contributed by atoms with Crippen LogP contribution >= 0.6 is 11.6 Å². The second kappa shape index (κ2) is 11.4. The molecule has 0 aromatic heterocycles. The third-order valence-corrected chi connectivity index (χ3v) is 6.70. The molecule has 0 spiro atoms. The van der Waals surface area contributed by atoms with E-state index in [4.69, 9.17) is 16.3 Å². The number of methoxy groups -OCH3 is 1. The molecule has 2 rings (SSSR count). The van der Waals surface area contributed by atoms with E-state index in [0.717, 1.165) is 21.7 Å². The van der Waals surface area contributed by atoms with Crippen molar-refractivity contribution in [1.82, 2.24) is 10.2 Å². The quantitative estimate of drug-likeness (QED) is 0.546. The van der Waals surface area contributed by atoms with Gasteiger partial charge in [-0.05, 0) is 56.2 Å². The lowest BCUT2D eigenvalue weighted by Gasteiger charge is -2.31. The maximum Gasteiger partial charge on any atom is 0.244 e. The number of carbonyl (C=O) groups is 2. The molecule has 0 heterocycles. The molecule has 0 unspecified atom stereocenters. The number of amides is 2. The first-order valence-electron chi connectivity index (χ1n) is 10.4. The van der Waals surface area contributed by atoms with E-state index in [-0.39, 0.29) is 18.1 Å². The molecule has 2 aromatic rings. The zero-order valence-corrected chi connectivity index (χ0v) is 21.0. The molecule has 0 saturated heterocycles. The minimum Gasteiger partial charge on any atom is -0.497 e. The highest BCUT2D eigenvalue weighted by Gasteiger charge is 2.30. The van der Waals surface area contributed by atoms with Crippen LogP contribution in [0.25, 0.3) is 0 Å². The van der Waals surface area contributed by atoms with Gasteiger partial charge in [0.1, 0.15) is 18.3 Å². The van der Waals surface area contributed by atoms with Gasteiger partial charge >= 0.3 is 0 Å². The summed E-state index contributed by atoms with van der Waals surface area (Å²) in [6.45, 7) is 5.25. The number of hydrogen-bond donors (Lipinski definition) is 1. The van der Waals surface area contributed by atoms with Gasteiger partial charge < -0.3 is 15.0 Å². The minimum absolute atomic E-state index is 0.118. The summed E-state index contributed by atoms with van der Waals surface area (Å²) in [5, 5.41) is 3.10. The molecular weight excluding hydrogens is 466 g/mol. The summed E-state index contributed by atoms with van der Waals surface area (Å²) in [6.07, 6.45) is 1.02. The molecule has 0 saturated carbocycles. The van der Waals surface area contributed by atoms with Crippen LogP contribution < -0.4 is 14.4 Å². The Hall–Kier alpha value is -2.78. The standard InChI is InChI=1S/C23H30ClN3O5S/c1-6-25-23(29)17(3)26(14-18-8-11-20(32-4)12-9-18)22(28)15-27(33(5,30)31)19-10-7-16(2)21(24)13-19/h7-13,17H,6,14-15H2,1-5H3,(H,25,29)/t17-/m0/s1. The number of rotatable bonds is 10. The zero-order valence-electron chi connectivity index (χ0n) is 19.5. The molecule has 0 fully saturated rings. The first-order chi connectivity index (χ1) is 15.5. The van der Waals surface area contributed by atoms with Gasteiger partial charge in [0.2, 0.25) is 21.8 Å². The fourth-order valence-electron chi connectivity index (χ4n) is 3.18. The molecule has 0 aliphatic carbocycles. The summed E-state index contributed by atoms with van der Waals surface area (Å²) in [7, 11) is -2.25. The van der Waals surface area contributed by atoms with E-state index < -0.39 is 28.5 Å². The molecule has 0 aliphatic rings. The lowest BCUT2D eigenvalue weighted by atomic mass is 10.1. The van der Waals surface area contributed by atoms with Crippen molar-refractivity contribution in [2.24, 2.45) is 0 Å². The minimum atomic E-state index is -3.80. The molecule has 0 bridgehead atoms. The Balaban J connectivity index is 2.39. The predicted molar refractivity (Wildman–Crippen MR) is 130 cm³/mol. The van der Waals surface area contributed by atoms with Gasteiger partial charge in [-0.15, -0.1) is 0 Å². The van der Waals surface area contributed by atoms with Gasteiger partial charge in [-0.25, -0.2) is 8.42 Å². The normalized spacial score (nSPS) is 12.1. The van der Waals surface area contributed by atoms with Gasteiger partial charge in [0, 0.05) is 18.1 Å². The Kier molecular flexibility index (Phi) is 9.13. The van der Waals surface area contributed by atoms with Gasteiger partial charge in [0.15, 0.2) is 0 Å². The topological polar surface area (TPSA) is 96.0 Å². The van der Waals surface area contributed by atoms with E-state index in [0.29, 0.717) is 17.3 Å². The summed E-state index contributed by atoms with van der Waals surface area (Å²) in [5.74, 6) is -0.191. The third kappa shape index (κ3) is 7.10. The molecule has 1 atom stereocenters. The van der Waals surface area contributed by atoms with Crippen LogP contribution in [-0.4, -0.2) is 57.6 Å².